The SMILES string of the molecule is COc1ccc(N2CC(C(=O)Nc3cc(C#N)ccc3OC)CC2=O)cc1. The highest BCUT2D eigenvalue weighted by atomic mass is 16.5. The minimum Gasteiger partial charge on any atom is -0.497 e. The van der Waals surface area contributed by atoms with Crippen LogP contribution in [0.1, 0.15) is 12.0 Å². The largest absolute Gasteiger partial charge is 0.497 e. The molecule has 7 heteroatoms. The highest BCUT2D eigenvalue weighted by molar-refractivity contribution is 6.04. The van der Waals surface area contributed by atoms with Gasteiger partial charge in [-0.3, -0.25) is 9.59 Å². The molecule has 0 aromatic heterocycles. The highest BCUT2D eigenvalue weighted by Crippen LogP contribution is 2.30. The number of hydrogen-bond acceptors (Lipinski definition) is 5. The van der Waals surface area contributed by atoms with Crippen LogP contribution < -0.4 is 19.7 Å². The lowest BCUT2D eigenvalue weighted by Crippen LogP contribution is -2.28. The third kappa shape index (κ3) is 3.85. The Morgan fingerprint density at radius 3 is 2.56 bits per heavy atom. The second kappa shape index (κ2) is 7.79. The first kappa shape index (κ1) is 18.3. The van der Waals surface area contributed by atoms with Gasteiger partial charge in [0.2, 0.25) is 11.8 Å². The number of carbonyl (C=O) groups excluding carboxylic acids is 2. The molecule has 0 bridgehead atoms. The van der Waals surface area contributed by atoms with Crippen LogP contribution in [0.15, 0.2) is 42.5 Å². The van der Waals surface area contributed by atoms with Crippen LogP contribution in [0.2, 0.25) is 0 Å². The van der Waals surface area contributed by atoms with Gasteiger partial charge in [0.25, 0.3) is 0 Å². The zero-order valence-electron chi connectivity index (χ0n) is 15.1. The molecule has 27 heavy (non-hydrogen) atoms. The Morgan fingerprint density at radius 1 is 1.19 bits per heavy atom. The van der Waals surface area contributed by atoms with Crippen molar-refractivity contribution in [1.29, 1.82) is 5.26 Å². The van der Waals surface area contributed by atoms with Crippen molar-refractivity contribution in [3.8, 4) is 17.6 Å². The molecule has 1 fully saturated rings. The molecule has 0 spiro atoms. The van der Waals surface area contributed by atoms with E-state index in [0.29, 0.717) is 22.7 Å². The van der Waals surface area contributed by atoms with E-state index in [9.17, 15) is 9.59 Å². The van der Waals surface area contributed by atoms with E-state index in [-0.39, 0.29) is 24.8 Å². The first-order valence-electron chi connectivity index (χ1n) is 8.39. The maximum atomic E-state index is 12.7. The quantitative estimate of drug-likeness (QED) is 0.879. The lowest BCUT2D eigenvalue weighted by molar-refractivity contribution is -0.122. The Labute approximate surface area is 157 Å². The third-order valence-electron chi connectivity index (χ3n) is 4.47. The topological polar surface area (TPSA) is 91.7 Å². The number of carbonyl (C=O) groups is 2. The molecule has 1 heterocycles. The smallest absolute Gasteiger partial charge is 0.229 e. The molecule has 1 N–H and O–H groups in total. The maximum Gasteiger partial charge on any atom is 0.229 e. The van der Waals surface area contributed by atoms with Crippen molar-refractivity contribution in [3.05, 3.63) is 48.0 Å². The summed E-state index contributed by atoms with van der Waals surface area (Å²) in [6.07, 6.45) is 0.123. The average molecular weight is 365 g/mol. The van der Waals surface area contributed by atoms with Crippen LogP contribution in [0.5, 0.6) is 11.5 Å². The van der Waals surface area contributed by atoms with Crippen molar-refractivity contribution in [3.63, 3.8) is 0 Å². The zero-order chi connectivity index (χ0) is 19.4. The van der Waals surface area contributed by atoms with E-state index in [2.05, 4.69) is 5.32 Å². The van der Waals surface area contributed by atoms with E-state index in [4.69, 9.17) is 14.7 Å². The summed E-state index contributed by atoms with van der Waals surface area (Å²) in [5.41, 5.74) is 1.55. The molecule has 1 atom stereocenters. The fraction of sp³-hybridized carbons (Fsp3) is 0.250. The van der Waals surface area contributed by atoms with Crippen molar-refractivity contribution >= 4 is 23.2 Å². The molecule has 7 nitrogen and oxygen atoms in total. The number of hydrogen-bond donors (Lipinski definition) is 1. The molecule has 138 valence electrons. The Hall–Kier alpha value is -3.53. The van der Waals surface area contributed by atoms with Crippen LogP contribution in [0.25, 0.3) is 0 Å². The van der Waals surface area contributed by atoms with Crippen LogP contribution in [0.3, 0.4) is 0 Å². The molecule has 2 aromatic carbocycles. The number of benzene rings is 2. The minimum atomic E-state index is -0.491. The number of ether oxygens (including phenoxy) is 2. The van der Waals surface area contributed by atoms with Gasteiger partial charge >= 0.3 is 0 Å². The Bertz CT molecular complexity index is 902. The van der Waals surface area contributed by atoms with Crippen molar-refractivity contribution in [2.45, 2.75) is 6.42 Å². The van der Waals surface area contributed by atoms with E-state index in [1.165, 1.54) is 7.11 Å². The van der Waals surface area contributed by atoms with Gasteiger partial charge in [-0.2, -0.15) is 5.26 Å². The van der Waals surface area contributed by atoms with Gasteiger partial charge in [-0.15, -0.1) is 0 Å². The molecule has 1 aliphatic rings. The van der Waals surface area contributed by atoms with Gasteiger partial charge in [0.05, 0.1) is 37.5 Å². The molecule has 2 aromatic rings. The first-order valence-corrected chi connectivity index (χ1v) is 8.39. The van der Waals surface area contributed by atoms with Crippen LogP contribution in [-0.4, -0.2) is 32.6 Å². The van der Waals surface area contributed by atoms with Gasteiger partial charge in [0.15, 0.2) is 0 Å². The number of nitrogens with one attached hydrogen (secondary N) is 1. The Kier molecular flexibility index (Phi) is 5.27. The number of nitrogens with zero attached hydrogens (tertiary/aromatic N) is 2. The fourth-order valence-electron chi connectivity index (χ4n) is 3.00. The predicted molar refractivity (Wildman–Crippen MR) is 99.8 cm³/mol. The van der Waals surface area contributed by atoms with Crippen LogP contribution in [-0.2, 0) is 9.59 Å². The molecule has 1 aliphatic heterocycles. The monoisotopic (exact) mass is 365 g/mol. The second-order valence-corrected chi connectivity index (χ2v) is 6.12. The summed E-state index contributed by atoms with van der Waals surface area (Å²) in [6.45, 7) is 0.289. The number of anilines is 2. The fourth-order valence-corrected chi connectivity index (χ4v) is 3.00. The van der Waals surface area contributed by atoms with Crippen LogP contribution in [0.4, 0.5) is 11.4 Å². The summed E-state index contributed by atoms with van der Waals surface area (Å²) >= 11 is 0. The van der Waals surface area contributed by atoms with E-state index in [1.54, 1.807) is 54.5 Å². The summed E-state index contributed by atoms with van der Waals surface area (Å²) in [5.74, 6) is 0.267. The van der Waals surface area contributed by atoms with E-state index in [1.807, 2.05) is 6.07 Å². The average Bonchev–Trinajstić information content (AvgIpc) is 3.09. The molecule has 1 unspecified atom stereocenters. The highest BCUT2D eigenvalue weighted by Gasteiger charge is 2.35. The molecular weight excluding hydrogens is 346 g/mol. The summed E-state index contributed by atoms with van der Waals surface area (Å²) < 4.78 is 10.4. The summed E-state index contributed by atoms with van der Waals surface area (Å²) in [4.78, 5) is 26.6. The molecular formula is C20H19N3O4. The molecule has 2 amide bonds. The van der Waals surface area contributed by atoms with Crippen molar-refractivity contribution in [2.24, 2.45) is 5.92 Å². The number of methoxy groups -OCH3 is 2. The van der Waals surface area contributed by atoms with Crippen molar-refractivity contribution < 1.29 is 19.1 Å². The minimum absolute atomic E-state index is 0.113. The van der Waals surface area contributed by atoms with Gasteiger partial charge < -0.3 is 19.7 Å². The molecule has 0 saturated carbocycles. The van der Waals surface area contributed by atoms with Crippen LogP contribution in [0, 0.1) is 17.2 Å². The lowest BCUT2D eigenvalue weighted by atomic mass is 10.1. The van der Waals surface area contributed by atoms with Gasteiger partial charge in [-0.25, -0.2) is 0 Å². The van der Waals surface area contributed by atoms with E-state index >= 15 is 0 Å². The molecule has 0 radical (unpaired) electrons. The zero-order valence-corrected chi connectivity index (χ0v) is 15.1. The number of amides is 2. The number of nitriles is 1. The second-order valence-electron chi connectivity index (χ2n) is 6.12. The Morgan fingerprint density at radius 2 is 1.93 bits per heavy atom. The molecule has 1 saturated heterocycles. The van der Waals surface area contributed by atoms with Gasteiger partial charge in [0.1, 0.15) is 11.5 Å². The summed E-state index contributed by atoms with van der Waals surface area (Å²) in [5, 5.41) is 11.8. The van der Waals surface area contributed by atoms with Crippen LogP contribution >= 0.6 is 0 Å². The number of rotatable bonds is 5. The van der Waals surface area contributed by atoms with E-state index < -0.39 is 5.92 Å². The summed E-state index contributed by atoms with van der Waals surface area (Å²) in [6, 6.07) is 13.9. The molecule has 3 rings (SSSR count). The third-order valence-corrected chi connectivity index (χ3v) is 4.47. The predicted octanol–water partition coefficient (Wildman–Crippen LogP) is 2.57. The Balaban J connectivity index is 1.73. The van der Waals surface area contributed by atoms with Gasteiger partial charge in [-0.1, -0.05) is 0 Å². The molecule has 0 aliphatic carbocycles. The lowest BCUT2D eigenvalue weighted by Gasteiger charge is -2.17. The van der Waals surface area contributed by atoms with Gasteiger partial charge in [-0.05, 0) is 42.5 Å². The van der Waals surface area contributed by atoms with Crippen molar-refractivity contribution in [2.75, 3.05) is 31.0 Å². The summed E-state index contributed by atoms with van der Waals surface area (Å²) in [7, 11) is 3.06. The normalized spacial score (nSPS) is 16.0. The van der Waals surface area contributed by atoms with Crippen molar-refractivity contribution in [1.82, 2.24) is 0 Å². The van der Waals surface area contributed by atoms with Gasteiger partial charge in [0, 0.05) is 18.7 Å². The maximum absolute atomic E-state index is 12.7. The van der Waals surface area contributed by atoms with E-state index in [0.717, 1.165) is 5.69 Å². The standard InChI is InChI=1S/C20H19N3O4/c1-26-16-6-4-15(5-7-16)23-12-14(10-19(23)24)20(25)22-17-9-13(11-21)3-8-18(17)27-2/h3-9,14H,10,12H2,1-2H3,(H,22,25). The first-order chi connectivity index (χ1) is 13.0.